The molecule has 0 aromatic heterocycles. The van der Waals surface area contributed by atoms with Crippen LogP contribution in [0.1, 0.15) is 43.4 Å². The zero-order chi connectivity index (χ0) is 20.4. The molecular formula is C22H22ClNO3S. The van der Waals surface area contributed by atoms with Crippen LogP contribution < -0.4 is 9.64 Å². The summed E-state index contributed by atoms with van der Waals surface area (Å²) in [4.78, 5) is 26.9. The number of aryl methyl sites for hydroxylation is 1. The van der Waals surface area contributed by atoms with Crippen molar-refractivity contribution in [1.82, 2.24) is 0 Å². The number of halogens is 1. The number of benzene rings is 2. The lowest BCUT2D eigenvalue weighted by atomic mass is 9.96. The molecule has 1 fully saturated rings. The van der Waals surface area contributed by atoms with Crippen LogP contribution in [-0.2, 0) is 4.79 Å². The second kappa shape index (κ2) is 8.41. The summed E-state index contributed by atoms with van der Waals surface area (Å²) in [6, 6.07) is 10.7. The minimum Gasteiger partial charge on any atom is -0.494 e. The van der Waals surface area contributed by atoms with E-state index in [0.717, 1.165) is 34.2 Å². The quantitative estimate of drug-likeness (QED) is 0.529. The zero-order valence-electron chi connectivity index (χ0n) is 16.3. The highest BCUT2D eigenvalue weighted by atomic mass is 35.5. The van der Waals surface area contributed by atoms with Crippen molar-refractivity contribution in [3.63, 3.8) is 0 Å². The zero-order valence-corrected chi connectivity index (χ0v) is 17.9. The predicted molar refractivity (Wildman–Crippen MR) is 116 cm³/mol. The Kier molecular flexibility index (Phi) is 6.16. The molecule has 1 aliphatic heterocycles. The third-order valence-corrected chi connectivity index (χ3v) is 5.61. The Morgan fingerprint density at radius 1 is 1.18 bits per heavy atom. The molecule has 28 heavy (non-hydrogen) atoms. The van der Waals surface area contributed by atoms with Crippen molar-refractivity contribution < 1.29 is 14.3 Å². The first-order valence-corrected chi connectivity index (χ1v) is 10.3. The van der Waals surface area contributed by atoms with Crippen LogP contribution in [0.25, 0.3) is 6.08 Å². The van der Waals surface area contributed by atoms with Crippen LogP contribution in [0.2, 0.25) is 5.02 Å². The summed E-state index contributed by atoms with van der Waals surface area (Å²) in [7, 11) is 0. The number of carbonyl (C=O) groups excluding carboxylic acids is 2. The van der Waals surface area contributed by atoms with Crippen LogP contribution >= 0.6 is 23.4 Å². The third kappa shape index (κ3) is 4.10. The fourth-order valence-corrected chi connectivity index (χ4v) is 3.98. The Morgan fingerprint density at radius 2 is 1.86 bits per heavy atom. The molecule has 0 saturated carbocycles. The first kappa shape index (κ1) is 20.5. The lowest BCUT2D eigenvalue weighted by Gasteiger charge is -2.16. The van der Waals surface area contributed by atoms with Gasteiger partial charge in [-0.3, -0.25) is 9.59 Å². The Hall–Kier alpha value is -2.24. The maximum absolute atomic E-state index is 12.9. The molecule has 0 spiro atoms. The highest BCUT2D eigenvalue weighted by molar-refractivity contribution is 8.19. The summed E-state index contributed by atoms with van der Waals surface area (Å²) in [5, 5.41) is 0.240. The van der Waals surface area contributed by atoms with Gasteiger partial charge in [0.15, 0.2) is 0 Å². The van der Waals surface area contributed by atoms with Gasteiger partial charge in [-0.2, -0.15) is 0 Å². The summed E-state index contributed by atoms with van der Waals surface area (Å²) in [6.45, 7) is 8.73. The van der Waals surface area contributed by atoms with E-state index < -0.39 is 0 Å². The summed E-state index contributed by atoms with van der Waals surface area (Å²) in [5.41, 5.74) is 3.50. The topological polar surface area (TPSA) is 46.6 Å². The van der Waals surface area contributed by atoms with Gasteiger partial charge in [0.2, 0.25) is 0 Å². The standard InChI is InChI=1S/C22H22ClNO3S/c1-5-27-19-10-14(4)15(11-18(19)13(2)3)12-20-21(25)24(22(26)28-20)17-8-6-16(23)7-9-17/h6-13H,5H2,1-4H3/b20-12+. The molecule has 2 aromatic rings. The van der Waals surface area contributed by atoms with Crippen molar-refractivity contribution in [2.45, 2.75) is 33.6 Å². The lowest BCUT2D eigenvalue weighted by Crippen LogP contribution is -2.27. The van der Waals surface area contributed by atoms with Crippen LogP contribution in [0.15, 0.2) is 41.3 Å². The fraction of sp³-hybridized carbons (Fsp3) is 0.273. The van der Waals surface area contributed by atoms with E-state index in [1.165, 1.54) is 4.90 Å². The summed E-state index contributed by atoms with van der Waals surface area (Å²) in [6.07, 6.45) is 1.79. The van der Waals surface area contributed by atoms with Gasteiger partial charge >= 0.3 is 0 Å². The third-order valence-electron chi connectivity index (χ3n) is 4.49. The van der Waals surface area contributed by atoms with Gasteiger partial charge < -0.3 is 4.74 Å². The van der Waals surface area contributed by atoms with E-state index in [0.29, 0.717) is 22.2 Å². The van der Waals surface area contributed by atoms with Gasteiger partial charge in [0.1, 0.15) is 5.75 Å². The number of ether oxygens (including phenoxy) is 1. The van der Waals surface area contributed by atoms with E-state index in [1.807, 2.05) is 26.0 Å². The Morgan fingerprint density at radius 3 is 2.46 bits per heavy atom. The summed E-state index contributed by atoms with van der Waals surface area (Å²) in [5.74, 6) is 0.816. The number of imide groups is 1. The van der Waals surface area contributed by atoms with E-state index >= 15 is 0 Å². The second-order valence-corrected chi connectivity index (χ2v) is 8.26. The van der Waals surface area contributed by atoms with Crippen LogP contribution in [-0.4, -0.2) is 17.8 Å². The molecule has 2 aromatic carbocycles. The number of hydrogen-bond donors (Lipinski definition) is 0. The highest BCUT2D eigenvalue weighted by Crippen LogP contribution is 2.37. The fourth-order valence-electron chi connectivity index (χ4n) is 3.02. The Balaban J connectivity index is 1.97. The van der Waals surface area contributed by atoms with Gasteiger partial charge in [0, 0.05) is 5.02 Å². The molecule has 0 atom stereocenters. The molecule has 0 N–H and O–H groups in total. The largest absolute Gasteiger partial charge is 0.494 e. The second-order valence-electron chi connectivity index (χ2n) is 6.83. The van der Waals surface area contributed by atoms with Gasteiger partial charge in [-0.1, -0.05) is 25.4 Å². The van der Waals surface area contributed by atoms with Crippen molar-refractivity contribution in [3.8, 4) is 5.75 Å². The molecule has 1 saturated heterocycles. The van der Waals surface area contributed by atoms with Gasteiger partial charge in [-0.25, -0.2) is 4.90 Å². The van der Waals surface area contributed by atoms with E-state index in [1.54, 1.807) is 30.3 Å². The van der Waals surface area contributed by atoms with Crippen LogP contribution in [0, 0.1) is 6.92 Å². The van der Waals surface area contributed by atoms with Crippen molar-refractivity contribution in [3.05, 3.63) is 63.0 Å². The minimum atomic E-state index is -0.322. The molecule has 0 bridgehead atoms. The van der Waals surface area contributed by atoms with Gasteiger partial charge in [0.25, 0.3) is 11.1 Å². The minimum absolute atomic E-state index is 0.276. The normalized spacial score (nSPS) is 15.8. The molecule has 0 aliphatic carbocycles. The summed E-state index contributed by atoms with van der Waals surface area (Å²) >= 11 is 6.85. The van der Waals surface area contributed by atoms with E-state index in [-0.39, 0.29) is 17.1 Å². The van der Waals surface area contributed by atoms with Gasteiger partial charge in [-0.05, 0) is 90.7 Å². The van der Waals surface area contributed by atoms with E-state index in [2.05, 4.69) is 13.8 Å². The maximum Gasteiger partial charge on any atom is 0.298 e. The SMILES string of the molecule is CCOc1cc(C)c(/C=C2/SC(=O)N(c3ccc(Cl)cc3)C2=O)cc1C(C)C. The molecule has 0 radical (unpaired) electrons. The average Bonchev–Trinajstić information content (AvgIpc) is 2.91. The van der Waals surface area contributed by atoms with Crippen LogP contribution in [0.3, 0.4) is 0 Å². The van der Waals surface area contributed by atoms with Gasteiger partial charge in [0.05, 0.1) is 17.2 Å². The van der Waals surface area contributed by atoms with Crippen LogP contribution in [0.5, 0.6) is 5.75 Å². The number of carbonyl (C=O) groups is 2. The molecule has 4 nitrogen and oxygen atoms in total. The predicted octanol–water partition coefficient (Wildman–Crippen LogP) is 6.41. The van der Waals surface area contributed by atoms with E-state index in [4.69, 9.17) is 16.3 Å². The van der Waals surface area contributed by atoms with Crippen molar-refractivity contribution >= 4 is 46.3 Å². The van der Waals surface area contributed by atoms with Crippen molar-refractivity contribution in [2.24, 2.45) is 0 Å². The highest BCUT2D eigenvalue weighted by Gasteiger charge is 2.36. The number of amides is 2. The monoisotopic (exact) mass is 415 g/mol. The molecule has 2 amide bonds. The number of anilines is 1. The summed E-state index contributed by atoms with van der Waals surface area (Å²) < 4.78 is 5.76. The van der Waals surface area contributed by atoms with Crippen molar-refractivity contribution in [2.75, 3.05) is 11.5 Å². The number of nitrogens with zero attached hydrogens (tertiary/aromatic N) is 1. The van der Waals surface area contributed by atoms with Crippen LogP contribution in [0.4, 0.5) is 10.5 Å². The molecule has 6 heteroatoms. The number of thioether (sulfide) groups is 1. The number of hydrogen-bond acceptors (Lipinski definition) is 4. The smallest absolute Gasteiger partial charge is 0.298 e. The Labute approximate surface area is 174 Å². The molecule has 3 rings (SSSR count). The Bertz CT molecular complexity index is 951. The first-order chi connectivity index (χ1) is 13.3. The molecule has 1 heterocycles. The molecule has 0 unspecified atom stereocenters. The number of rotatable bonds is 5. The molecule has 146 valence electrons. The first-order valence-electron chi connectivity index (χ1n) is 9.12. The van der Waals surface area contributed by atoms with Gasteiger partial charge in [-0.15, -0.1) is 0 Å². The maximum atomic E-state index is 12.9. The van der Waals surface area contributed by atoms with E-state index in [9.17, 15) is 9.59 Å². The molecular weight excluding hydrogens is 394 g/mol. The molecule has 1 aliphatic rings. The van der Waals surface area contributed by atoms with Crippen molar-refractivity contribution in [1.29, 1.82) is 0 Å². The average molecular weight is 416 g/mol. The lowest BCUT2D eigenvalue weighted by molar-refractivity contribution is -0.113.